The average Bonchev–Trinajstić information content (AvgIpc) is 3.76. The van der Waals surface area contributed by atoms with E-state index in [0.29, 0.717) is 0 Å². The zero-order valence-corrected chi connectivity index (χ0v) is 24.8. The summed E-state index contributed by atoms with van der Waals surface area (Å²) in [5.41, 5.74) is 15.3. The van der Waals surface area contributed by atoms with Gasteiger partial charge in [-0.2, -0.15) is 0 Å². The fourth-order valence-electron chi connectivity index (χ4n) is 8.30. The number of anilines is 4. The summed E-state index contributed by atoms with van der Waals surface area (Å²) in [7, 11) is 0. The van der Waals surface area contributed by atoms with E-state index in [1.165, 1.54) is 55.1 Å². The van der Waals surface area contributed by atoms with Crippen molar-refractivity contribution >= 4 is 72.0 Å². The Hall–Kier alpha value is -5.74. The Morgan fingerprint density at radius 1 is 0.556 bits per heavy atom. The van der Waals surface area contributed by atoms with Crippen molar-refractivity contribution in [2.75, 3.05) is 10.6 Å². The fourth-order valence-corrected chi connectivity index (χ4v) is 8.30. The van der Waals surface area contributed by atoms with E-state index in [4.69, 9.17) is 4.42 Å². The first kappa shape index (κ1) is 23.7. The van der Waals surface area contributed by atoms with Crippen LogP contribution in [-0.4, -0.2) is 4.40 Å². The monoisotopic (exact) mass is 577 g/mol. The molecule has 0 fully saturated rings. The molecule has 0 bridgehead atoms. The lowest BCUT2D eigenvalue weighted by atomic mass is 9.82. The molecule has 2 N–H and O–H groups in total. The highest BCUT2D eigenvalue weighted by Crippen LogP contribution is 2.52. The Balaban J connectivity index is 1.24. The van der Waals surface area contributed by atoms with Crippen LogP contribution in [0, 0.1) is 0 Å². The van der Waals surface area contributed by atoms with E-state index in [-0.39, 0.29) is 5.41 Å². The number of hydrogen-bond donors (Lipinski definition) is 2. The maximum atomic E-state index is 6.38. The van der Waals surface area contributed by atoms with E-state index in [9.17, 15) is 0 Å². The van der Waals surface area contributed by atoms with Crippen molar-refractivity contribution in [1.29, 1.82) is 0 Å². The topological polar surface area (TPSA) is 41.6 Å². The zero-order chi connectivity index (χ0) is 29.6. The molecule has 4 nitrogen and oxygen atoms in total. The number of nitrogens with one attached hydrogen (secondary N) is 2. The molecule has 1 aliphatic heterocycles. The van der Waals surface area contributed by atoms with Gasteiger partial charge in [-0.1, -0.05) is 80.6 Å². The summed E-state index contributed by atoms with van der Waals surface area (Å²) in [4.78, 5) is 0. The van der Waals surface area contributed by atoms with Crippen molar-refractivity contribution in [1.82, 2.24) is 4.40 Å². The second-order valence-corrected chi connectivity index (χ2v) is 13.2. The van der Waals surface area contributed by atoms with Crippen LogP contribution in [0.5, 0.6) is 0 Å². The van der Waals surface area contributed by atoms with Gasteiger partial charge in [-0.3, -0.25) is 4.40 Å². The van der Waals surface area contributed by atoms with E-state index in [0.717, 1.165) is 50.3 Å². The SMILES string of the molecule is CC1(C)c2ccccc2-c2cc(-c3cc4c5c(n6c7cc8oc9ccccc9c8cc7c(c3)c46)Nc3ccccc3N5)ccc21. The van der Waals surface area contributed by atoms with Crippen LogP contribution in [0.4, 0.5) is 22.9 Å². The molecule has 3 aromatic heterocycles. The maximum Gasteiger partial charge on any atom is 0.140 e. The maximum absolute atomic E-state index is 6.38. The molecule has 0 unspecified atom stereocenters. The van der Waals surface area contributed by atoms with Crippen LogP contribution in [0.25, 0.3) is 71.4 Å². The summed E-state index contributed by atoms with van der Waals surface area (Å²) >= 11 is 0. The van der Waals surface area contributed by atoms with Crippen LogP contribution in [0.1, 0.15) is 25.0 Å². The zero-order valence-electron chi connectivity index (χ0n) is 24.8. The Morgan fingerprint density at radius 2 is 1.31 bits per heavy atom. The Morgan fingerprint density at radius 3 is 2.22 bits per heavy atom. The molecule has 4 heteroatoms. The molecule has 0 radical (unpaired) electrons. The lowest BCUT2D eigenvalue weighted by Gasteiger charge is -2.21. The van der Waals surface area contributed by atoms with Gasteiger partial charge in [-0.15, -0.1) is 0 Å². The molecule has 0 saturated heterocycles. The molecule has 9 aromatic rings. The molecule has 45 heavy (non-hydrogen) atoms. The van der Waals surface area contributed by atoms with E-state index in [1.807, 2.05) is 6.07 Å². The Bertz CT molecular complexity index is 2740. The third-order valence-corrected chi connectivity index (χ3v) is 10.4. The molecule has 212 valence electrons. The molecule has 2 aliphatic rings. The number of furan rings is 1. The minimum absolute atomic E-state index is 0.0144. The molecule has 6 aromatic carbocycles. The van der Waals surface area contributed by atoms with Crippen LogP contribution in [0.15, 0.2) is 120 Å². The van der Waals surface area contributed by atoms with Crippen molar-refractivity contribution in [3.63, 3.8) is 0 Å². The average molecular weight is 578 g/mol. The quantitative estimate of drug-likeness (QED) is 0.204. The third-order valence-electron chi connectivity index (χ3n) is 10.4. The number of aromatic nitrogens is 1. The predicted octanol–water partition coefficient (Wildman–Crippen LogP) is 11.4. The lowest BCUT2D eigenvalue weighted by Crippen LogP contribution is -2.14. The summed E-state index contributed by atoms with van der Waals surface area (Å²) in [5, 5.41) is 13.5. The van der Waals surface area contributed by atoms with Gasteiger partial charge >= 0.3 is 0 Å². The Kier molecular flexibility index (Phi) is 4.13. The first-order chi connectivity index (χ1) is 22.0. The largest absolute Gasteiger partial charge is 0.456 e. The first-order valence-corrected chi connectivity index (χ1v) is 15.6. The van der Waals surface area contributed by atoms with Crippen LogP contribution in [0.2, 0.25) is 0 Å². The number of para-hydroxylation sites is 3. The van der Waals surface area contributed by atoms with Gasteiger partial charge in [0.25, 0.3) is 0 Å². The highest BCUT2D eigenvalue weighted by atomic mass is 16.3. The summed E-state index contributed by atoms with van der Waals surface area (Å²) < 4.78 is 8.77. The summed E-state index contributed by atoms with van der Waals surface area (Å²) in [6, 6.07) is 42.0. The number of nitrogens with zero attached hydrogens (tertiary/aromatic N) is 1. The third kappa shape index (κ3) is 2.88. The second kappa shape index (κ2) is 7.85. The van der Waals surface area contributed by atoms with Gasteiger partial charge in [-0.25, -0.2) is 0 Å². The summed E-state index contributed by atoms with van der Waals surface area (Å²) in [6.07, 6.45) is 0. The van der Waals surface area contributed by atoms with Crippen molar-refractivity contribution in [3.05, 3.63) is 126 Å². The second-order valence-electron chi connectivity index (χ2n) is 13.2. The number of fused-ring (bicyclic) bond motifs is 13. The van der Waals surface area contributed by atoms with Gasteiger partial charge in [0.05, 0.1) is 28.1 Å². The van der Waals surface area contributed by atoms with E-state index in [2.05, 4.69) is 138 Å². The predicted molar refractivity (Wildman–Crippen MR) is 187 cm³/mol. The molecule has 1 aliphatic carbocycles. The van der Waals surface area contributed by atoms with Crippen molar-refractivity contribution in [3.8, 4) is 22.3 Å². The van der Waals surface area contributed by atoms with Gasteiger partial charge in [0, 0.05) is 38.4 Å². The summed E-state index contributed by atoms with van der Waals surface area (Å²) in [5.74, 6) is 1.06. The number of hydrogen-bond acceptors (Lipinski definition) is 3. The van der Waals surface area contributed by atoms with Gasteiger partial charge in [0.2, 0.25) is 0 Å². The normalized spacial score (nSPS) is 14.5. The van der Waals surface area contributed by atoms with Gasteiger partial charge in [0.15, 0.2) is 0 Å². The van der Waals surface area contributed by atoms with E-state index < -0.39 is 0 Å². The van der Waals surface area contributed by atoms with E-state index in [1.54, 1.807) is 0 Å². The minimum Gasteiger partial charge on any atom is -0.456 e. The van der Waals surface area contributed by atoms with Gasteiger partial charge in [0.1, 0.15) is 17.0 Å². The minimum atomic E-state index is -0.0144. The first-order valence-electron chi connectivity index (χ1n) is 15.6. The molecule has 0 amide bonds. The summed E-state index contributed by atoms with van der Waals surface area (Å²) in [6.45, 7) is 4.68. The van der Waals surface area contributed by atoms with Crippen molar-refractivity contribution in [2.24, 2.45) is 0 Å². The molecule has 0 saturated carbocycles. The number of benzene rings is 6. The van der Waals surface area contributed by atoms with Crippen LogP contribution >= 0.6 is 0 Å². The fraction of sp³-hybridized carbons (Fsp3) is 0.0732. The van der Waals surface area contributed by atoms with Gasteiger partial charge in [-0.05, 0) is 75.8 Å². The van der Waals surface area contributed by atoms with Crippen LogP contribution in [0.3, 0.4) is 0 Å². The lowest BCUT2D eigenvalue weighted by molar-refractivity contribution is 0.660. The van der Waals surface area contributed by atoms with Gasteiger partial charge < -0.3 is 15.1 Å². The van der Waals surface area contributed by atoms with Crippen LogP contribution < -0.4 is 10.6 Å². The Labute approximate surface area is 258 Å². The highest BCUT2D eigenvalue weighted by molar-refractivity contribution is 6.25. The smallest absolute Gasteiger partial charge is 0.140 e. The standard InChI is InChI=1S/C41H27N3O/c1-41(2)31-11-5-3-9-24(31)26-17-22(15-16-32(26)41)23-18-29-27-20-28-25-10-4-8-14-36(25)45-37(28)21-35(27)44-39(29)30(19-23)38-40(44)43-34-13-7-6-12-33(34)42-38/h3-21,42-43H,1-2H3. The number of rotatable bonds is 1. The molecule has 4 heterocycles. The van der Waals surface area contributed by atoms with Crippen molar-refractivity contribution in [2.45, 2.75) is 19.3 Å². The molecule has 0 spiro atoms. The molecule has 0 atom stereocenters. The molecular weight excluding hydrogens is 550 g/mol. The van der Waals surface area contributed by atoms with Crippen molar-refractivity contribution < 1.29 is 4.42 Å². The molecular formula is C41H27N3O. The molecule has 11 rings (SSSR count). The highest BCUT2D eigenvalue weighted by Gasteiger charge is 2.35. The van der Waals surface area contributed by atoms with Crippen LogP contribution in [-0.2, 0) is 5.41 Å². The van der Waals surface area contributed by atoms with E-state index >= 15 is 0 Å².